The minimum atomic E-state index is -0.454. The van der Waals surface area contributed by atoms with E-state index >= 15 is 0 Å². The van der Waals surface area contributed by atoms with E-state index in [4.69, 9.17) is 0 Å². The number of rotatable bonds is 4. The molecule has 1 amide bonds. The van der Waals surface area contributed by atoms with Crippen molar-refractivity contribution >= 4 is 28.9 Å². The van der Waals surface area contributed by atoms with Crippen molar-refractivity contribution in [2.24, 2.45) is 0 Å². The van der Waals surface area contributed by atoms with Gasteiger partial charge in [-0.3, -0.25) is 9.78 Å². The van der Waals surface area contributed by atoms with E-state index in [1.807, 2.05) is 19.1 Å². The van der Waals surface area contributed by atoms with Crippen LogP contribution in [0, 0.1) is 6.92 Å². The highest BCUT2D eigenvalue weighted by Gasteiger charge is 2.16. The second-order valence-corrected chi connectivity index (χ2v) is 5.06. The van der Waals surface area contributed by atoms with E-state index in [0.29, 0.717) is 10.6 Å². The van der Waals surface area contributed by atoms with Crippen molar-refractivity contribution < 1.29 is 14.3 Å². The van der Waals surface area contributed by atoms with Gasteiger partial charge in [-0.25, -0.2) is 4.79 Å². The number of hydrogen-bond acceptors (Lipinski definition) is 5. The van der Waals surface area contributed by atoms with E-state index in [1.54, 1.807) is 17.6 Å². The first-order chi connectivity index (χ1) is 9.61. The lowest BCUT2D eigenvalue weighted by Gasteiger charge is -2.06. The van der Waals surface area contributed by atoms with Gasteiger partial charge in [0, 0.05) is 6.20 Å². The van der Waals surface area contributed by atoms with Crippen LogP contribution in [0.3, 0.4) is 0 Å². The van der Waals surface area contributed by atoms with Gasteiger partial charge >= 0.3 is 5.97 Å². The molecule has 0 aliphatic carbocycles. The number of nitrogens with zero attached hydrogens (tertiary/aromatic N) is 1. The molecular formula is C14H14N2O3S. The van der Waals surface area contributed by atoms with Crippen LogP contribution in [0.2, 0.25) is 0 Å². The van der Waals surface area contributed by atoms with Crippen LogP contribution in [-0.2, 0) is 16.0 Å². The number of thiophene rings is 1. The van der Waals surface area contributed by atoms with E-state index in [-0.39, 0.29) is 12.3 Å². The fourth-order valence-electron chi connectivity index (χ4n) is 1.71. The Labute approximate surface area is 120 Å². The third kappa shape index (κ3) is 3.21. The Morgan fingerprint density at radius 1 is 1.40 bits per heavy atom. The summed E-state index contributed by atoms with van der Waals surface area (Å²) < 4.78 is 4.66. The van der Waals surface area contributed by atoms with Crippen LogP contribution in [-0.4, -0.2) is 24.0 Å². The average Bonchev–Trinajstić information content (AvgIpc) is 2.88. The standard InChI is InChI=1S/C14H14N2O3S/c1-9-4-3-6-15-11(9)8-12(17)16-10-5-7-20-13(10)14(18)19-2/h3-7H,8H2,1-2H3,(H,16,17). The third-order valence-corrected chi connectivity index (χ3v) is 3.65. The molecule has 0 atom stereocenters. The van der Waals surface area contributed by atoms with Gasteiger partial charge in [0.25, 0.3) is 0 Å². The van der Waals surface area contributed by atoms with Crippen LogP contribution in [0.15, 0.2) is 29.8 Å². The predicted octanol–water partition coefficient (Wildman–Crippen LogP) is 2.42. The summed E-state index contributed by atoms with van der Waals surface area (Å²) in [4.78, 5) is 28.1. The van der Waals surface area contributed by atoms with Crippen molar-refractivity contribution in [1.82, 2.24) is 4.98 Å². The summed E-state index contributed by atoms with van der Waals surface area (Å²) in [7, 11) is 1.31. The van der Waals surface area contributed by atoms with E-state index < -0.39 is 5.97 Å². The number of aryl methyl sites for hydroxylation is 1. The Balaban J connectivity index is 2.08. The molecule has 0 spiro atoms. The van der Waals surface area contributed by atoms with Crippen molar-refractivity contribution in [2.45, 2.75) is 13.3 Å². The molecule has 2 rings (SSSR count). The minimum absolute atomic E-state index is 0.170. The number of aromatic nitrogens is 1. The zero-order chi connectivity index (χ0) is 14.5. The van der Waals surface area contributed by atoms with Crippen LogP contribution >= 0.6 is 11.3 Å². The summed E-state index contributed by atoms with van der Waals surface area (Å²) in [5, 5.41) is 4.44. The van der Waals surface area contributed by atoms with Crippen molar-refractivity contribution in [3.05, 3.63) is 45.9 Å². The molecule has 1 N–H and O–H groups in total. The maximum Gasteiger partial charge on any atom is 0.350 e. The lowest BCUT2D eigenvalue weighted by molar-refractivity contribution is -0.115. The number of ether oxygens (including phenoxy) is 1. The molecule has 0 aromatic carbocycles. The molecule has 5 nitrogen and oxygen atoms in total. The van der Waals surface area contributed by atoms with Crippen molar-refractivity contribution in [1.29, 1.82) is 0 Å². The largest absolute Gasteiger partial charge is 0.465 e. The first kappa shape index (κ1) is 14.2. The number of carbonyl (C=O) groups is 2. The lowest BCUT2D eigenvalue weighted by atomic mass is 10.1. The van der Waals surface area contributed by atoms with Crippen LogP contribution in [0.1, 0.15) is 20.9 Å². The number of esters is 1. The highest BCUT2D eigenvalue weighted by molar-refractivity contribution is 7.12. The number of methoxy groups -OCH3 is 1. The Kier molecular flexibility index (Phi) is 4.47. The lowest BCUT2D eigenvalue weighted by Crippen LogP contribution is -2.17. The normalized spacial score (nSPS) is 10.1. The fourth-order valence-corrected chi connectivity index (χ4v) is 2.47. The number of amides is 1. The monoisotopic (exact) mass is 290 g/mol. The molecule has 0 radical (unpaired) electrons. The fraction of sp³-hybridized carbons (Fsp3) is 0.214. The Hall–Kier alpha value is -2.21. The van der Waals surface area contributed by atoms with E-state index in [9.17, 15) is 9.59 Å². The van der Waals surface area contributed by atoms with E-state index in [0.717, 1.165) is 11.3 Å². The van der Waals surface area contributed by atoms with Crippen LogP contribution < -0.4 is 5.32 Å². The van der Waals surface area contributed by atoms with Gasteiger partial charge in [-0.05, 0) is 30.0 Å². The number of anilines is 1. The third-order valence-electron chi connectivity index (χ3n) is 2.76. The molecule has 0 aliphatic heterocycles. The number of nitrogens with one attached hydrogen (secondary N) is 1. The molecule has 2 aromatic heterocycles. The maximum atomic E-state index is 12.0. The van der Waals surface area contributed by atoms with Gasteiger partial charge in [0.1, 0.15) is 4.88 Å². The van der Waals surface area contributed by atoms with E-state index in [2.05, 4.69) is 15.0 Å². The summed E-state index contributed by atoms with van der Waals surface area (Å²) in [5.41, 5.74) is 2.15. The van der Waals surface area contributed by atoms with Crippen molar-refractivity contribution in [3.63, 3.8) is 0 Å². The quantitative estimate of drug-likeness (QED) is 0.878. The second kappa shape index (κ2) is 6.29. The van der Waals surface area contributed by atoms with Gasteiger partial charge in [0.2, 0.25) is 5.91 Å². The van der Waals surface area contributed by atoms with Crippen molar-refractivity contribution in [3.8, 4) is 0 Å². The molecule has 0 fully saturated rings. The Morgan fingerprint density at radius 2 is 2.20 bits per heavy atom. The summed E-state index contributed by atoms with van der Waals surface area (Å²) in [5.74, 6) is -0.667. The van der Waals surface area contributed by atoms with Gasteiger partial charge < -0.3 is 10.1 Å². The molecule has 6 heteroatoms. The molecule has 0 aliphatic rings. The minimum Gasteiger partial charge on any atom is -0.465 e. The molecule has 20 heavy (non-hydrogen) atoms. The molecule has 2 aromatic rings. The smallest absolute Gasteiger partial charge is 0.350 e. The molecule has 0 saturated heterocycles. The highest BCUT2D eigenvalue weighted by Crippen LogP contribution is 2.23. The molecule has 0 bridgehead atoms. The van der Waals surface area contributed by atoms with Gasteiger partial charge in [0.05, 0.1) is 24.9 Å². The Bertz CT molecular complexity index is 637. The summed E-state index contributed by atoms with van der Waals surface area (Å²) in [6.07, 6.45) is 1.82. The number of pyridine rings is 1. The average molecular weight is 290 g/mol. The molecule has 104 valence electrons. The van der Waals surface area contributed by atoms with Gasteiger partial charge in [0.15, 0.2) is 0 Å². The van der Waals surface area contributed by atoms with Crippen LogP contribution in [0.25, 0.3) is 0 Å². The zero-order valence-electron chi connectivity index (χ0n) is 11.2. The molecule has 0 unspecified atom stereocenters. The summed E-state index contributed by atoms with van der Waals surface area (Å²) in [6, 6.07) is 5.41. The Morgan fingerprint density at radius 3 is 2.90 bits per heavy atom. The van der Waals surface area contributed by atoms with Gasteiger partial charge in [-0.2, -0.15) is 0 Å². The SMILES string of the molecule is COC(=O)c1sccc1NC(=O)Cc1ncccc1C. The first-order valence-electron chi connectivity index (χ1n) is 5.98. The first-order valence-corrected chi connectivity index (χ1v) is 6.86. The summed E-state index contributed by atoms with van der Waals surface area (Å²) in [6.45, 7) is 1.90. The van der Waals surface area contributed by atoms with Crippen LogP contribution in [0.5, 0.6) is 0 Å². The molecular weight excluding hydrogens is 276 g/mol. The van der Waals surface area contributed by atoms with Gasteiger partial charge in [-0.1, -0.05) is 6.07 Å². The van der Waals surface area contributed by atoms with Crippen LogP contribution in [0.4, 0.5) is 5.69 Å². The topological polar surface area (TPSA) is 68.3 Å². The second-order valence-electron chi connectivity index (χ2n) is 4.15. The predicted molar refractivity (Wildman–Crippen MR) is 77.0 cm³/mol. The number of carbonyl (C=O) groups excluding carboxylic acids is 2. The summed E-state index contributed by atoms with van der Waals surface area (Å²) >= 11 is 1.23. The molecule has 2 heterocycles. The van der Waals surface area contributed by atoms with Gasteiger partial charge in [-0.15, -0.1) is 11.3 Å². The highest BCUT2D eigenvalue weighted by atomic mass is 32.1. The maximum absolute atomic E-state index is 12.0. The van der Waals surface area contributed by atoms with E-state index in [1.165, 1.54) is 18.4 Å². The van der Waals surface area contributed by atoms with Crippen molar-refractivity contribution in [2.75, 3.05) is 12.4 Å². The zero-order valence-corrected chi connectivity index (χ0v) is 12.0. The molecule has 0 saturated carbocycles. The number of hydrogen-bond donors (Lipinski definition) is 1.